The topological polar surface area (TPSA) is 121 Å². The van der Waals surface area contributed by atoms with E-state index in [2.05, 4.69) is 20.1 Å². The third-order valence-electron chi connectivity index (χ3n) is 5.43. The van der Waals surface area contributed by atoms with Crippen LogP contribution in [0.5, 0.6) is 5.75 Å². The van der Waals surface area contributed by atoms with E-state index in [4.69, 9.17) is 9.47 Å². The van der Waals surface area contributed by atoms with Gasteiger partial charge in [-0.25, -0.2) is 19.1 Å². The van der Waals surface area contributed by atoms with Gasteiger partial charge in [0.25, 0.3) is 5.91 Å². The molecule has 0 atom stereocenters. The number of methoxy groups -OCH3 is 3. The van der Waals surface area contributed by atoms with Crippen LogP contribution in [-0.2, 0) is 15.7 Å². The normalized spacial score (nSPS) is 11.2. The van der Waals surface area contributed by atoms with Gasteiger partial charge in [0.1, 0.15) is 5.75 Å². The molecule has 0 aliphatic rings. The lowest BCUT2D eigenvalue weighted by molar-refractivity contribution is -0.142. The first-order chi connectivity index (χ1) is 18.0. The van der Waals surface area contributed by atoms with Crippen LogP contribution in [0.3, 0.4) is 0 Å². The van der Waals surface area contributed by atoms with Crippen LogP contribution in [0.25, 0.3) is 16.9 Å². The molecule has 13 heteroatoms. The minimum atomic E-state index is -4.82. The zero-order valence-electron chi connectivity index (χ0n) is 20.1. The Balaban J connectivity index is 1.77. The third-order valence-corrected chi connectivity index (χ3v) is 5.43. The van der Waals surface area contributed by atoms with Gasteiger partial charge in [-0.3, -0.25) is 4.79 Å². The van der Waals surface area contributed by atoms with E-state index in [0.29, 0.717) is 15.8 Å². The van der Waals surface area contributed by atoms with Gasteiger partial charge in [0.2, 0.25) is 0 Å². The van der Waals surface area contributed by atoms with Crippen LogP contribution in [0.2, 0.25) is 0 Å². The molecule has 0 saturated heterocycles. The summed E-state index contributed by atoms with van der Waals surface area (Å²) in [5.41, 5.74) is -1.67. The summed E-state index contributed by atoms with van der Waals surface area (Å²) in [6.07, 6.45) is -4.82. The number of hydrogen-bond acceptors (Lipinski definition) is 8. The van der Waals surface area contributed by atoms with Crippen molar-refractivity contribution in [1.82, 2.24) is 14.6 Å². The van der Waals surface area contributed by atoms with Crippen molar-refractivity contribution in [2.75, 3.05) is 26.6 Å². The van der Waals surface area contributed by atoms with Crippen LogP contribution < -0.4 is 10.1 Å². The molecular formula is C25H19F3N4O6. The van der Waals surface area contributed by atoms with Gasteiger partial charge in [-0.1, -0.05) is 0 Å². The van der Waals surface area contributed by atoms with Crippen molar-refractivity contribution >= 4 is 29.2 Å². The highest BCUT2D eigenvalue weighted by Gasteiger charge is 2.36. The highest BCUT2D eigenvalue weighted by molar-refractivity contribution is 6.08. The van der Waals surface area contributed by atoms with Crippen LogP contribution in [-0.4, -0.2) is 53.8 Å². The molecule has 4 aromatic rings. The summed E-state index contributed by atoms with van der Waals surface area (Å²) in [6.45, 7) is 0. The second kappa shape index (κ2) is 10.2. The molecule has 2 heterocycles. The minimum absolute atomic E-state index is 0.00177. The van der Waals surface area contributed by atoms with Gasteiger partial charge in [-0.05, 0) is 48.5 Å². The van der Waals surface area contributed by atoms with Gasteiger partial charge < -0.3 is 19.5 Å². The summed E-state index contributed by atoms with van der Waals surface area (Å²) < 4.78 is 56.7. The molecule has 0 fully saturated rings. The lowest BCUT2D eigenvalue weighted by atomic mass is 10.1. The van der Waals surface area contributed by atoms with Gasteiger partial charge in [-0.15, -0.1) is 0 Å². The first-order valence-electron chi connectivity index (χ1n) is 10.8. The summed E-state index contributed by atoms with van der Waals surface area (Å²) >= 11 is 0. The Morgan fingerprint density at radius 3 is 2.18 bits per heavy atom. The highest BCUT2D eigenvalue weighted by Crippen LogP contribution is 2.33. The number of hydrogen-bond donors (Lipinski definition) is 1. The number of nitrogens with one attached hydrogen (secondary N) is 1. The monoisotopic (exact) mass is 528 g/mol. The lowest BCUT2D eigenvalue weighted by Gasteiger charge is -2.11. The zero-order valence-corrected chi connectivity index (χ0v) is 20.1. The Kier molecular flexibility index (Phi) is 7.02. The predicted octanol–water partition coefficient (Wildman–Crippen LogP) is 4.25. The maximum absolute atomic E-state index is 13.9. The van der Waals surface area contributed by atoms with Gasteiger partial charge in [0, 0.05) is 11.6 Å². The number of fused-ring (bicyclic) bond motifs is 1. The molecule has 1 N–H and O–H groups in total. The fourth-order valence-electron chi connectivity index (χ4n) is 3.56. The number of benzene rings is 2. The van der Waals surface area contributed by atoms with Gasteiger partial charge >= 0.3 is 18.1 Å². The lowest BCUT2D eigenvalue weighted by Crippen LogP contribution is -2.18. The van der Waals surface area contributed by atoms with E-state index >= 15 is 0 Å². The average Bonchev–Trinajstić information content (AvgIpc) is 3.35. The summed E-state index contributed by atoms with van der Waals surface area (Å²) in [7, 11) is 3.73. The quantitative estimate of drug-likeness (QED) is 0.369. The molecule has 4 rings (SSSR count). The third kappa shape index (κ3) is 5.12. The van der Waals surface area contributed by atoms with Crippen molar-refractivity contribution in [1.29, 1.82) is 0 Å². The molecule has 2 aromatic carbocycles. The molecule has 38 heavy (non-hydrogen) atoms. The van der Waals surface area contributed by atoms with E-state index in [-0.39, 0.29) is 28.2 Å². The van der Waals surface area contributed by atoms with E-state index < -0.39 is 35.4 Å². The second-order valence-electron chi connectivity index (χ2n) is 7.75. The van der Waals surface area contributed by atoms with Gasteiger partial charge in [0.05, 0.1) is 43.8 Å². The number of carbonyl (C=O) groups is 3. The molecule has 0 radical (unpaired) electrons. The van der Waals surface area contributed by atoms with Crippen LogP contribution in [0.1, 0.15) is 36.9 Å². The average molecular weight is 528 g/mol. The predicted molar refractivity (Wildman–Crippen MR) is 127 cm³/mol. The Morgan fingerprint density at radius 1 is 0.895 bits per heavy atom. The second-order valence-corrected chi connectivity index (χ2v) is 7.75. The van der Waals surface area contributed by atoms with E-state index in [1.54, 1.807) is 24.3 Å². The largest absolute Gasteiger partial charge is 0.497 e. The van der Waals surface area contributed by atoms with Crippen molar-refractivity contribution in [2.24, 2.45) is 0 Å². The molecule has 196 valence electrons. The number of alkyl halides is 3. The van der Waals surface area contributed by atoms with Crippen LogP contribution in [0, 0.1) is 0 Å². The maximum Gasteiger partial charge on any atom is 0.433 e. The molecule has 0 unspecified atom stereocenters. The SMILES string of the molecule is COC(=O)c1ccc(C(=O)OC)c(NC(=O)c2cc3nc(-c4ccc(OC)cc4)cc(C(F)(F)F)n3n2)c1. The van der Waals surface area contributed by atoms with Crippen molar-refractivity contribution in [2.45, 2.75) is 6.18 Å². The zero-order chi connectivity index (χ0) is 27.6. The van der Waals surface area contributed by atoms with Crippen LogP contribution in [0.4, 0.5) is 18.9 Å². The Labute approximate surface area is 212 Å². The summed E-state index contributed by atoms with van der Waals surface area (Å²) in [5.74, 6) is -2.01. The standard InChI is InChI=1S/C25H19F3N4O6/c1-36-15-7-4-13(5-8-15)17-11-20(25(26,27)28)32-21(29-17)12-19(31-32)22(33)30-18-10-14(23(34)37-2)6-9-16(18)24(35)38-3/h4-12H,1-3H3,(H,30,33). The number of aromatic nitrogens is 3. The smallest absolute Gasteiger partial charge is 0.433 e. The molecule has 0 bridgehead atoms. The number of anilines is 1. The number of esters is 2. The number of rotatable bonds is 6. The van der Waals surface area contributed by atoms with Crippen molar-refractivity contribution < 1.29 is 41.8 Å². The molecule has 0 aliphatic heterocycles. The Hall–Kier alpha value is -4.94. The van der Waals surface area contributed by atoms with E-state index in [0.717, 1.165) is 26.4 Å². The van der Waals surface area contributed by atoms with Crippen molar-refractivity contribution in [3.63, 3.8) is 0 Å². The first kappa shape index (κ1) is 26.1. The molecule has 2 aromatic heterocycles. The Morgan fingerprint density at radius 2 is 1.58 bits per heavy atom. The number of carbonyl (C=O) groups excluding carboxylic acids is 3. The molecule has 0 aliphatic carbocycles. The fourth-order valence-corrected chi connectivity index (χ4v) is 3.56. The van der Waals surface area contributed by atoms with E-state index in [1.807, 2.05) is 0 Å². The molecular weight excluding hydrogens is 509 g/mol. The number of ether oxygens (including phenoxy) is 3. The van der Waals surface area contributed by atoms with E-state index in [1.165, 1.54) is 25.3 Å². The molecule has 0 saturated carbocycles. The first-order valence-corrected chi connectivity index (χ1v) is 10.8. The van der Waals surface area contributed by atoms with Crippen molar-refractivity contribution in [3.05, 3.63) is 77.1 Å². The summed E-state index contributed by atoms with van der Waals surface area (Å²) in [5, 5.41) is 6.19. The Bertz CT molecular complexity index is 1550. The maximum atomic E-state index is 13.9. The molecule has 1 amide bonds. The number of amides is 1. The van der Waals surface area contributed by atoms with Crippen LogP contribution in [0.15, 0.2) is 54.6 Å². The fraction of sp³-hybridized carbons (Fsp3) is 0.160. The summed E-state index contributed by atoms with van der Waals surface area (Å²) in [6, 6.07) is 11.8. The van der Waals surface area contributed by atoms with Gasteiger partial charge in [-0.2, -0.15) is 18.3 Å². The van der Waals surface area contributed by atoms with Crippen LogP contribution >= 0.6 is 0 Å². The number of halogens is 3. The van der Waals surface area contributed by atoms with Gasteiger partial charge in [0.15, 0.2) is 17.0 Å². The van der Waals surface area contributed by atoms with E-state index in [9.17, 15) is 27.6 Å². The minimum Gasteiger partial charge on any atom is -0.497 e. The molecule has 0 spiro atoms. The summed E-state index contributed by atoms with van der Waals surface area (Å²) in [4.78, 5) is 41.3. The highest BCUT2D eigenvalue weighted by atomic mass is 19.4. The molecule has 10 nitrogen and oxygen atoms in total. The number of nitrogens with zero attached hydrogens (tertiary/aromatic N) is 3. The van der Waals surface area contributed by atoms with Crippen molar-refractivity contribution in [3.8, 4) is 17.0 Å².